The molecule has 0 saturated heterocycles. The van der Waals surface area contributed by atoms with Gasteiger partial charge in [0.05, 0.1) is 25.1 Å². The van der Waals surface area contributed by atoms with Crippen LogP contribution in [0, 0.1) is 0 Å². The van der Waals surface area contributed by atoms with Crippen LogP contribution in [0.4, 0.5) is 0 Å². The van der Waals surface area contributed by atoms with Crippen LogP contribution in [0.25, 0.3) is 16.9 Å². The highest BCUT2D eigenvalue weighted by Gasteiger charge is 2.15. The third kappa shape index (κ3) is 4.12. The number of benzene rings is 2. The van der Waals surface area contributed by atoms with Gasteiger partial charge in [0.25, 0.3) is 0 Å². The monoisotopic (exact) mass is 351 g/mol. The quantitative estimate of drug-likeness (QED) is 0.676. The predicted molar refractivity (Wildman–Crippen MR) is 104 cm³/mol. The van der Waals surface area contributed by atoms with Gasteiger partial charge in [-0.1, -0.05) is 37.3 Å². The van der Waals surface area contributed by atoms with E-state index in [1.54, 1.807) is 7.11 Å². The summed E-state index contributed by atoms with van der Waals surface area (Å²) < 4.78 is 7.28. The maximum atomic E-state index is 9.30. The lowest BCUT2D eigenvalue weighted by molar-refractivity contribution is 0.197. The Balaban J connectivity index is 2.03. The van der Waals surface area contributed by atoms with Gasteiger partial charge in [-0.05, 0) is 30.8 Å². The second kappa shape index (κ2) is 8.65. The first-order chi connectivity index (χ1) is 12.7. The van der Waals surface area contributed by atoms with Crippen LogP contribution in [0.1, 0.15) is 12.5 Å². The summed E-state index contributed by atoms with van der Waals surface area (Å²) in [6.45, 7) is 4.49. The van der Waals surface area contributed by atoms with E-state index in [0.29, 0.717) is 6.54 Å². The Morgan fingerprint density at radius 2 is 1.92 bits per heavy atom. The lowest BCUT2D eigenvalue weighted by Crippen LogP contribution is -2.26. The van der Waals surface area contributed by atoms with Gasteiger partial charge in [-0.3, -0.25) is 4.90 Å². The highest BCUT2D eigenvalue weighted by atomic mass is 16.5. The molecule has 0 aliphatic heterocycles. The van der Waals surface area contributed by atoms with Crippen LogP contribution in [0.3, 0.4) is 0 Å². The summed E-state index contributed by atoms with van der Waals surface area (Å²) in [5.41, 5.74) is 4.10. The third-order valence-corrected chi connectivity index (χ3v) is 4.41. The zero-order valence-electron chi connectivity index (χ0n) is 15.3. The third-order valence-electron chi connectivity index (χ3n) is 4.41. The van der Waals surface area contributed by atoms with Crippen molar-refractivity contribution in [2.75, 3.05) is 26.8 Å². The molecule has 1 aromatic heterocycles. The number of hydrogen-bond donors (Lipinski definition) is 1. The molecule has 0 aliphatic rings. The molecule has 0 amide bonds. The number of aliphatic hydroxyl groups excluding tert-OH is 1. The zero-order chi connectivity index (χ0) is 18.4. The molecule has 0 fully saturated rings. The second-order valence-electron chi connectivity index (χ2n) is 6.11. The van der Waals surface area contributed by atoms with Gasteiger partial charge in [-0.15, -0.1) is 0 Å². The number of nitrogens with zero attached hydrogens (tertiary/aromatic N) is 3. The van der Waals surface area contributed by atoms with Gasteiger partial charge in [0.1, 0.15) is 5.75 Å². The van der Waals surface area contributed by atoms with Crippen LogP contribution in [-0.4, -0.2) is 46.6 Å². The van der Waals surface area contributed by atoms with E-state index >= 15 is 0 Å². The average molecular weight is 351 g/mol. The first kappa shape index (κ1) is 18.2. The summed E-state index contributed by atoms with van der Waals surface area (Å²) in [4.78, 5) is 2.20. The minimum Gasteiger partial charge on any atom is -0.497 e. The Hall–Kier alpha value is -2.63. The van der Waals surface area contributed by atoms with Gasteiger partial charge in [-0.25, -0.2) is 4.68 Å². The number of methoxy groups -OCH3 is 1. The molecule has 5 heteroatoms. The fourth-order valence-corrected chi connectivity index (χ4v) is 2.98. The van der Waals surface area contributed by atoms with E-state index in [1.807, 2.05) is 59.3 Å². The highest BCUT2D eigenvalue weighted by molar-refractivity contribution is 5.65. The topological polar surface area (TPSA) is 50.5 Å². The maximum absolute atomic E-state index is 9.30. The Morgan fingerprint density at radius 3 is 2.62 bits per heavy atom. The maximum Gasteiger partial charge on any atom is 0.119 e. The van der Waals surface area contributed by atoms with Crippen molar-refractivity contribution in [1.82, 2.24) is 14.7 Å². The van der Waals surface area contributed by atoms with Gasteiger partial charge in [0.15, 0.2) is 0 Å². The summed E-state index contributed by atoms with van der Waals surface area (Å²) >= 11 is 0. The summed E-state index contributed by atoms with van der Waals surface area (Å²) in [6, 6.07) is 18.0. The number of likely N-dealkylation sites (N-methyl/N-ethyl adjacent to an activating group) is 1. The molecule has 0 aliphatic carbocycles. The van der Waals surface area contributed by atoms with E-state index < -0.39 is 0 Å². The van der Waals surface area contributed by atoms with Gasteiger partial charge < -0.3 is 9.84 Å². The lowest BCUT2D eigenvalue weighted by atomic mass is 10.1. The van der Waals surface area contributed by atoms with Crippen molar-refractivity contribution >= 4 is 0 Å². The average Bonchev–Trinajstić information content (AvgIpc) is 3.12. The molecule has 1 heterocycles. The van der Waals surface area contributed by atoms with E-state index in [2.05, 4.69) is 18.0 Å². The molecule has 3 rings (SSSR count). The number of ether oxygens (including phenoxy) is 1. The van der Waals surface area contributed by atoms with Crippen LogP contribution in [0.2, 0.25) is 0 Å². The van der Waals surface area contributed by atoms with Gasteiger partial charge in [0, 0.05) is 30.4 Å². The molecular formula is C21H25N3O2. The fraction of sp³-hybridized carbons (Fsp3) is 0.286. The van der Waals surface area contributed by atoms with E-state index in [4.69, 9.17) is 9.84 Å². The molecule has 0 spiro atoms. The number of aliphatic hydroxyl groups is 1. The molecular weight excluding hydrogens is 326 g/mol. The van der Waals surface area contributed by atoms with Crippen LogP contribution in [0.15, 0.2) is 60.8 Å². The smallest absolute Gasteiger partial charge is 0.119 e. The number of aromatic nitrogens is 2. The van der Waals surface area contributed by atoms with E-state index in [9.17, 15) is 5.11 Å². The normalized spacial score (nSPS) is 11.1. The summed E-state index contributed by atoms with van der Waals surface area (Å²) in [5, 5.41) is 14.2. The fourth-order valence-electron chi connectivity index (χ4n) is 2.98. The van der Waals surface area contributed by atoms with Crippen molar-refractivity contribution in [3.63, 3.8) is 0 Å². The van der Waals surface area contributed by atoms with Gasteiger partial charge >= 0.3 is 0 Å². The number of hydrogen-bond acceptors (Lipinski definition) is 4. The molecule has 0 atom stereocenters. The van der Waals surface area contributed by atoms with E-state index in [-0.39, 0.29) is 6.61 Å². The van der Waals surface area contributed by atoms with Crippen molar-refractivity contribution in [2.24, 2.45) is 0 Å². The van der Waals surface area contributed by atoms with Crippen LogP contribution in [-0.2, 0) is 6.54 Å². The SMILES string of the molecule is CCN(CCO)Cc1cn(-c2ccccc2)nc1-c1cccc(OC)c1. The van der Waals surface area contributed by atoms with Crippen LogP contribution >= 0.6 is 0 Å². The molecule has 1 N–H and O–H groups in total. The first-order valence-electron chi connectivity index (χ1n) is 8.86. The van der Waals surface area contributed by atoms with Crippen LogP contribution in [0.5, 0.6) is 5.75 Å². The zero-order valence-corrected chi connectivity index (χ0v) is 15.3. The Morgan fingerprint density at radius 1 is 1.12 bits per heavy atom. The largest absolute Gasteiger partial charge is 0.497 e. The van der Waals surface area contributed by atoms with Crippen molar-refractivity contribution < 1.29 is 9.84 Å². The minimum absolute atomic E-state index is 0.148. The lowest BCUT2D eigenvalue weighted by Gasteiger charge is -2.18. The minimum atomic E-state index is 0.148. The molecule has 0 saturated carbocycles. The summed E-state index contributed by atoms with van der Waals surface area (Å²) in [6.07, 6.45) is 2.07. The molecule has 3 aromatic rings. The standard InChI is InChI=1S/C21H25N3O2/c1-3-23(12-13-25)15-18-16-24(19-9-5-4-6-10-19)22-21(18)17-8-7-11-20(14-17)26-2/h4-11,14,16,25H,3,12-13,15H2,1-2H3. The molecule has 136 valence electrons. The van der Waals surface area contributed by atoms with Crippen molar-refractivity contribution in [3.05, 3.63) is 66.4 Å². The molecule has 0 radical (unpaired) electrons. The van der Waals surface area contributed by atoms with Gasteiger partial charge in [-0.2, -0.15) is 5.10 Å². The number of rotatable bonds is 8. The Bertz CT molecular complexity index is 830. The van der Waals surface area contributed by atoms with E-state index in [0.717, 1.165) is 41.3 Å². The highest BCUT2D eigenvalue weighted by Crippen LogP contribution is 2.27. The van der Waals surface area contributed by atoms with Gasteiger partial charge in [0.2, 0.25) is 0 Å². The van der Waals surface area contributed by atoms with Crippen LogP contribution < -0.4 is 4.74 Å². The molecule has 5 nitrogen and oxygen atoms in total. The first-order valence-corrected chi connectivity index (χ1v) is 8.86. The molecule has 0 unspecified atom stereocenters. The summed E-state index contributed by atoms with van der Waals surface area (Å²) in [7, 11) is 1.67. The molecule has 26 heavy (non-hydrogen) atoms. The van der Waals surface area contributed by atoms with Crippen molar-refractivity contribution in [2.45, 2.75) is 13.5 Å². The van der Waals surface area contributed by atoms with E-state index in [1.165, 1.54) is 0 Å². The number of para-hydroxylation sites is 1. The van der Waals surface area contributed by atoms with Crippen molar-refractivity contribution in [3.8, 4) is 22.7 Å². The second-order valence-corrected chi connectivity index (χ2v) is 6.11. The predicted octanol–water partition coefficient (Wildman–Crippen LogP) is 3.36. The molecule has 2 aromatic carbocycles. The summed E-state index contributed by atoms with van der Waals surface area (Å²) in [5.74, 6) is 0.811. The Kier molecular flexibility index (Phi) is 6.04. The molecule has 0 bridgehead atoms. The Labute approximate surface area is 154 Å². The van der Waals surface area contributed by atoms with Crippen molar-refractivity contribution in [1.29, 1.82) is 0 Å².